The van der Waals surface area contributed by atoms with Gasteiger partial charge in [-0.3, -0.25) is 0 Å². The van der Waals surface area contributed by atoms with Crippen LogP contribution in [0.1, 0.15) is 51.8 Å². The van der Waals surface area contributed by atoms with Crippen LogP contribution < -0.4 is 10.6 Å². The number of hydrogen-bond donors (Lipinski definition) is 2. The highest BCUT2D eigenvalue weighted by molar-refractivity contribution is 5.48. The van der Waals surface area contributed by atoms with Crippen LogP contribution in [0.2, 0.25) is 0 Å². The Hall–Kier alpha value is -1.32. The first-order chi connectivity index (χ1) is 9.22. The molecule has 1 saturated carbocycles. The Morgan fingerprint density at radius 3 is 2.63 bits per heavy atom. The Balaban J connectivity index is 2.08. The van der Waals surface area contributed by atoms with Crippen molar-refractivity contribution in [1.82, 2.24) is 9.97 Å². The summed E-state index contributed by atoms with van der Waals surface area (Å²) in [6.07, 6.45) is 6.57. The molecule has 0 aliphatic heterocycles. The maximum absolute atomic E-state index is 4.52. The highest BCUT2D eigenvalue weighted by Gasteiger charge is 2.23. The normalized spacial score (nSPS) is 23.1. The number of aryl methyl sites for hydroxylation is 1. The van der Waals surface area contributed by atoms with Gasteiger partial charge in [0.1, 0.15) is 17.5 Å². The first kappa shape index (κ1) is 14.1. The Labute approximate surface area is 116 Å². The van der Waals surface area contributed by atoms with Crippen molar-refractivity contribution in [2.45, 2.75) is 58.9 Å². The number of aromatic nitrogens is 2. The lowest BCUT2D eigenvalue weighted by Crippen LogP contribution is -2.32. The average molecular weight is 262 g/mol. The van der Waals surface area contributed by atoms with Crippen molar-refractivity contribution < 1.29 is 0 Å². The standard InChI is InChI=1S/C15H26N4/c1-4-12-8-6-7-9-13(12)19-15-10-14(16-5-2)17-11(3)18-15/h10,12-13H,4-9H2,1-3H3,(H2,16,17,18,19). The SMILES string of the molecule is CCNc1cc(NC2CCCCC2CC)nc(C)n1. The molecule has 2 unspecified atom stereocenters. The Morgan fingerprint density at radius 2 is 1.89 bits per heavy atom. The summed E-state index contributed by atoms with van der Waals surface area (Å²) in [7, 11) is 0. The van der Waals surface area contributed by atoms with Crippen molar-refractivity contribution in [2.75, 3.05) is 17.2 Å². The Bertz CT molecular complexity index is 405. The number of nitrogens with one attached hydrogen (secondary N) is 2. The fourth-order valence-corrected chi connectivity index (χ4v) is 2.99. The highest BCUT2D eigenvalue weighted by Crippen LogP contribution is 2.29. The molecular formula is C15H26N4. The van der Waals surface area contributed by atoms with Crippen LogP contribution >= 0.6 is 0 Å². The molecule has 0 spiro atoms. The van der Waals surface area contributed by atoms with Crippen LogP contribution in [0.15, 0.2) is 6.07 Å². The van der Waals surface area contributed by atoms with Crippen molar-refractivity contribution in [1.29, 1.82) is 0 Å². The van der Waals surface area contributed by atoms with E-state index in [1.807, 2.05) is 13.0 Å². The second-order valence-corrected chi connectivity index (χ2v) is 5.42. The summed E-state index contributed by atoms with van der Waals surface area (Å²) in [5, 5.41) is 6.89. The number of rotatable bonds is 5. The van der Waals surface area contributed by atoms with Crippen molar-refractivity contribution in [2.24, 2.45) is 5.92 Å². The minimum Gasteiger partial charge on any atom is -0.370 e. The van der Waals surface area contributed by atoms with Crippen LogP contribution in [0.3, 0.4) is 0 Å². The summed E-state index contributed by atoms with van der Waals surface area (Å²) < 4.78 is 0. The molecule has 4 heteroatoms. The van der Waals surface area contributed by atoms with Gasteiger partial charge in [0.25, 0.3) is 0 Å². The molecule has 1 aromatic rings. The van der Waals surface area contributed by atoms with Crippen molar-refractivity contribution in [3.8, 4) is 0 Å². The molecule has 1 aliphatic rings. The fourth-order valence-electron chi connectivity index (χ4n) is 2.99. The van der Waals surface area contributed by atoms with Crippen LogP contribution in [-0.4, -0.2) is 22.6 Å². The molecule has 1 fully saturated rings. The topological polar surface area (TPSA) is 49.8 Å². The molecule has 1 aromatic heterocycles. The summed E-state index contributed by atoms with van der Waals surface area (Å²) in [5.74, 6) is 3.49. The summed E-state index contributed by atoms with van der Waals surface area (Å²) in [4.78, 5) is 8.91. The molecule has 2 N–H and O–H groups in total. The van der Waals surface area contributed by atoms with E-state index >= 15 is 0 Å². The van der Waals surface area contributed by atoms with E-state index in [1.165, 1.54) is 32.1 Å². The summed E-state index contributed by atoms with van der Waals surface area (Å²) in [6, 6.07) is 2.60. The van der Waals surface area contributed by atoms with Crippen molar-refractivity contribution in [3.05, 3.63) is 11.9 Å². The van der Waals surface area contributed by atoms with Gasteiger partial charge in [0, 0.05) is 18.7 Å². The number of hydrogen-bond acceptors (Lipinski definition) is 4. The molecule has 106 valence electrons. The molecule has 0 aromatic carbocycles. The molecule has 0 saturated heterocycles. The molecule has 0 amide bonds. The predicted molar refractivity (Wildman–Crippen MR) is 80.6 cm³/mol. The van der Waals surface area contributed by atoms with Crippen LogP contribution in [0.4, 0.5) is 11.6 Å². The van der Waals surface area contributed by atoms with Crippen molar-refractivity contribution >= 4 is 11.6 Å². The molecule has 1 aliphatic carbocycles. The van der Waals surface area contributed by atoms with Gasteiger partial charge in [-0.25, -0.2) is 9.97 Å². The smallest absolute Gasteiger partial charge is 0.132 e. The van der Waals surface area contributed by atoms with E-state index in [1.54, 1.807) is 0 Å². The second-order valence-electron chi connectivity index (χ2n) is 5.42. The lowest BCUT2D eigenvalue weighted by atomic mass is 9.83. The minimum atomic E-state index is 0.572. The lowest BCUT2D eigenvalue weighted by Gasteiger charge is -2.32. The summed E-state index contributed by atoms with van der Waals surface area (Å²) in [6.45, 7) is 7.21. The van der Waals surface area contributed by atoms with Gasteiger partial charge in [0.15, 0.2) is 0 Å². The summed E-state index contributed by atoms with van der Waals surface area (Å²) in [5.41, 5.74) is 0. The quantitative estimate of drug-likeness (QED) is 0.851. The van der Waals surface area contributed by atoms with E-state index in [2.05, 4.69) is 34.4 Å². The highest BCUT2D eigenvalue weighted by atomic mass is 15.1. The third kappa shape index (κ3) is 3.82. The maximum Gasteiger partial charge on any atom is 0.132 e. The van der Waals surface area contributed by atoms with Crippen LogP contribution in [0.5, 0.6) is 0 Å². The molecule has 4 nitrogen and oxygen atoms in total. The average Bonchev–Trinajstić information content (AvgIpc) is 2.39. The molecule has 2 atom stereocenters. The number of nitrogens with zero attached hydrogens (tertiary/aromatic N) is 2. The molecule has 19 heavy (non-hydrogen) atoms. The zero-order valence-electron chi connectivity index (χ0n) is 12.4. The Kier molecular flexibility index (Phi) is 5.00. The van der Waals surface area contributed by atoms with E-state index in [4.69, 9.17) is 0 Å². The van der Waals surface area contributed by atoms with Gasteiger partial charge >= 0.3 is 0 Å². The lowest BCUT2D eigenvalue weighted by molar-refractivity contribution is 0.317. The van der Waals surface area contributed by atoms with Crippen molar-refractivity contribution in [3.63, 3.8) is 0 Å². The van der Waals surface area contributed by atoms with Crippen LogP contribution in [0, 0.1) is 12.8 Å². The third-order valence-corrected chi connectivity index (χ3v) is 3.96. The van der Waals surface area contributed by atoms with E-state index in [0.29, 0.717) is 6.04 Å². The van der Waals surface area contributed by atoms with Gasteiger partial charge in [-0.15, -0.1) is 0 Å². The first-order valence-corrected chi connectivity index (χ1v) is 7.59. The fraction of sp³-hybridized carbons (Fsp3) is 0.733. The van der Waals surface area contributed by atoms with E-state index in [-0.39, 0.29) is 0 Å². The van der Waals surface area contributed by atoms with Crippen LogP contribution in [0.25, 0.3) is 0 Å². The molecule has 2 rings (SSSR count). The molecule has 1 heterocycles. The van der Waals surface area contributed by atoms with Gasteiger partial charge in [0.2, 0.25) is 0 Å². The first-order valence-electron chi connectivity index (χ1n) is 7.59. The van der Waals surface area contributed by atoms with Gasteiger partial charge < -0.3 is 10.6 Å². The van der Waals surface area contributed by atoms with Gasteiger partial charge in [0.05, 0.1) is 0 Å². The minimum absolute atomic E-state index is 0.572. The van der Waals surface area contributed by atoms with Crippen LogP contribution in [-0.2, 0) is 0 Å². The van der Waals surface area contributed by atoms with Gasteiger partial charge in [-0.2, -0.15) is 0 Å². The van der Waals surface area contributed by atoms with E-state index in [9.17, 15) is 0 Å². The molecule has 0 bridgehead atoms. The third-order valence-electron chi connectivity index (χ3n) is 3.96. The second kappa shape index (κ2) is 6.73. The Morgan fingerprint density at radius 1 is 1.16 bits per heavy atom. The largest absolute Gasteiger partial charge is 0.370 e. The molecular weight excluding hydrogens is 236 g/mol. The van der Waals surface area contributed by atoms with E-state index in [0.717, 1.165) is 29.9 Å². The predicted octanol–water partition coefficient (Wildman–Crippen LogP) is 3.60. The van der Waals surface area contributed by atoms with E-state index < -0.39 is 0 Å². The van der Waals surface area contributed by atoms with Gasteiger partial charge in [-0.1, -0.05) is 26.2 Å². The zero-order valence-corrected chi connectivity index (χ0v) is 12.4. The zero-order chi connectivity index (χ0) is 13.7. The number of anilines is 2. The van der Waals surface area contributed by atoms with Gasteiger partial charge in [-0.05, 0) is 32.6 Å². The monoisotopic (exact) mass is 262 g/mol. The molecule has 0 radical (unpaired) electrons. The maximum atomic E-state index is 4.52. The summed E-state index contributed by atoms with van der Waals surface area (Å²) >= 11 is 0.